The van der Waals surface area contributed by atoms with Crippen molar-refractivity contribution in [3.63, 3.8) is 0 Å². The van der Waals surface area contributed by atoms with E-state index in [4.69, 9.17) is 35.1 Å². The molecule has 2 rings (SSSR count). The molecule has 0 aliphatic heterocycles. The molecule has 0 saturated heterocycles. The SMILES string of the molecule is [B]C1=CC2=C(C=C([B]OC(C)(C)C(C)(C)O)C(N)C2N)C(=N)C1N. The van der Waals surface area contributed by atoms with Crippen LogP contribution in [0.5, 0.6) is 0 Å². The van der Waals surface area contributed by atoms with Crippen LogP contribution >= 0.6 is 0 Å². The average Bonchev–Trinajstić information content (AvgIpc) is 2.47. The second kappa shape index (κ2) is 6.28. The van der Waals surface area contributed by atoms with Crippen LogP contribution in [0.1, 0.15) is 27.7 Å². The normalized spacial score (nSPS) is 28.3. The molecule has 0 heterocycles. The Morgan fingerprint density at radius 1 is 1.17 bits per heavy atom. The maximum Gasteiger partial charge on any atom is 0.328 e. The molecule has 3 unspecified atom stereocenters. The van der Waals surface area contributed by atoms with Crippen LogP contribution in [0.3, 0.4) is 0 Å². The zero-order chi connectivity index (χ0) is 18.4. The number of aliphatic hydroxyl groups is 1. The first-order valence-corrected chi connectivity index (χ1v) is 7.88. The van der Waals surface area contributed by atoms with Gasteiger partial charge in [-0.15, -0.1) is 0 Å². The lowest BCUT2D eigenvalue weighted by molar-refractivity contribution is -0.0897. The minimum Gasteiger partial charge on any atom is -0.427 e. The number of hydrogen-bond donors (Lipinski definition) is 5. The molecule has 24 heavy (non-hydrogen) atoms. The van der Waals surface area contributed by atoms with Gasteiger partial charge in [0.05, 0.1) is 23.0 Å². The number of nitrogens with two attached hydrogens (primary N) is 3. The quantitative estimate of drug-likeness (QED) is 0.442. The van der Waals surface area contributed by atoms with Gasteiger partial charge in [0, 0.05) is 17.7 Å². The number of allylic oxidation sites excluding steroid dienone is 1. The topological polar surface area (TPSA) is 131 Å². The highest BCUT2D eigenvalue weighted by molar-refractivity contribution is 6.39. The lowest BCUT2D eigenvalue weighted by Crippen LogP contribution is -2.52. The first kappa shape index (κ1) is 19.1. The van der Waals surface area contributed by atoms with Gasteiger partial charge in [-0.1, -0.05) is 23.1 Å². The van der Waals surface area contributed by atoms with Crippen LogP contribution in [0.25, 0.3) is 0 Å². The molecule has 0 fully saturated rings. The third kappa shape index (κ3) is 3.30. The summed E-state index contributed by atoms with van der Waals surface area (Å²) in [7, 11) is 7.37. The summed E-state index contributed by atoms with van der Waals surface area (Å²) in [5.74, 6) is 0. The van der Waals surface area contributed by atoms with Gasteiger partial charge in [0.2, 0.25) is 0 Å². The summed E-state index contributed by atoms with van der Waals surface area (Å²) in [6, 6.07) is -1.68. The molecule has 3 radical (unpaired) electrons. The van der Waals surface area contributed by atoms with E-state index in [1.165, 1.54) is 7.48 Å². The molecule has 0 bridgehead atoms. The molecule has 0 aromatic rings. The maximum absolute atomic E-state index is 10.2. The van der Waals surface area contributed by atoms with Crippen molar-refractivity contribution in [1.82, 2.24) is 0 Å². The Kier molecular flexibility index (Phi) is 5.01. The molecule has 0 aromatic carbocycles. The van der Waals surface area contributed by atoms with Crippen LogP contribution in [-0.2, 0) is 4.65 Å². The Bertz CT molecular complexity index is 647. The first-order chi connectivity index (χ1) is 10.9. The summed E-state index contributed by atoms with van der Waals surface area (Å²) in [5, 5.41) is 18.4. The van der Waals surface area contributed by atoms with Crippen molar-refractivity contribution >= 4 is 21.0 Å². The second-order valence-corrected chi connectivity index (χ2v) is 7.41. The third-order valence-corrected chi connectivity index (χ3v) is 5.00. The molecule has 127 valence electrons. The van der Waals surface area contributed by atoms with Gasteiger partial charge in [0.15, 0.2) is 0 Å². The molecule has 8 N–H and O–H groups in total. The smallest absolute Gasteiger partial charge is 0.328 e. The van der Waals surface area contributed by atoms with E-state index < -0.39 is 29.3 Å². The van der Waals surface area contributed by atoms with Crippen molar-refractivity contribution < 1.29 is 9.76 Å². The minimum atomic E-state index is -1.05. The molecule has 0 spiro atoms. The number of hydrogen-bond acceptors (Lipinski definition) is 6. The van der Waals surface area contributed by atoms with Crippen LogP contribution in [0.2, 0.25) is 0 Å². The first-order valence-electron chi connectivity index (χ1n) is 7.88. The maximum atomic E-state index is 10.2. The molecule has 0 aromatic heterocycles. The van der Waals surface area contributed by atoms with E-state index in [2.05, 4.69) is 0 Å². The summed E-state index contributed by atoms with van der Waals surface area (Å²) >= 11 is 0. The molecule has 3 atom stereocenters. The van der Waals surface area contributed by atoms with Crippen molar-refractivity contribution in [3.8, 4) is 0 Å². The van der Waals surface area contributed by atoms with Crippen molar-refractivity contribution in [2.24, 2.45) is 17.2 Å². The molecule has 6 nitrogen and oxygen atoms in total. The molecule has 0 saturated carbocycles. The number of nitrogens with one attached hydrogen (secondary N) is 1. The molecule has 8 heteroatoms. The lowest BCUT2D eigenvalue weighted by atomic mass is 9.67. The van der Waals surface area contributed by atoms with E-state index in [0.29, 0.717) is 22.1 Å². The molecule has 0 amide bonds. The van der Waals surface area contributed by atoms with Gasteiger partial charge in [-0.25, -0.2) is 0 Å². The molecule has 2 aliphatic carbocycles. The average molecular weight is 327 g/mol. The van der Waals surface area contributed by atoms with Gasteiger partial charge in [0.25, 0.3) is 0 Å². The Labute approximate surface area is 145 Å². The van der Waals surface area contributed by atoms with Crippen LogP contribution in [0, 0.1) is 5.41 Å². The summed E-state index contributed by atoms with van der Waals surface area (Å²) in [6.07, 6.45) is 3.46. The van der Waals surface area contributed by atoms with Gasteiger partial charge < -0.3 is 32.4 Å². The van der Waals surface area contributed by atoms with Gasteiger partial charge >= 0.3 is 7.48 Å². The van der Waals surface area contributed by atoms with Crippen LogP contribution in [-0.4, -0.2) is 55.5 Å². The summed E-state index contributed by atoms with van der Waals surface area (Å²) < 4.78 is 5.77. The van der Waals surface area contributed by atoms with Crippen molar-refractivity contribution in [2.75, 3.05) is 0 Å². The Morgan fingerprint density at radius 2 is 1.75 bits per heavy atom. The summed E-state index contributed by atoms with van der Waals surface area (Å²) in [4.78, 5) is 0. The highest BCUT2D eigenvalue weighted by Crippen LogP contribution is 2.31. The second-order valence-electron chi connectivity index (χ2n) is 7.41. The van der Waals surface area contributed by atoms with Crippen LogP contribution in [0.4, 0.5) is 0 Å². The lowest BCUT2D eigenvalue weighted by Gasteiger charge is -2.39. The minimum absolute atomic E-state index is 0.208. The predicted molar refractivity (Wildman–Crippen MR) is 97.8 cm³/mol. The monoisotopic (exact) mass is 327 g/mol. The fourth-order valence-electron chi connectivity index (χ4n) is 2.41. The van der Waals surface area contributed by atoms with Crippen LogP contribution in [0.15, 0.2) is 34.2 Å². The Balaban J connectivity index is 2.31. The number of rotatable bonds is 4. The zero-order valence-corrected chi connectivity index (χ0v) is 14.6. The van der Waals surface area contributed by atoms with E-state index >= 15 is 0 Å². The van der Waals surface area contributed by atoms with Gasteiger partial charge in [-0.3, -0.25) is 0 Å². The zero-order valence-electron chi connectivity index (χ0n) is 14.6. The molecule has 2 aliphatic rings. The van der Waals surface area contributed by atoms with Gasteiger partial charge in [0.1, 0.15) is 7.85 Å². The Hall–Kier alpha value is -1.18. The van der Waals surface area contributed by atoms with Crippen LogP contribution < -0.4 is 17.2 Å². The van der Waals surface area contributed by atoms with E-state index in [9.17, 15) is 5.11 Å². The molecular weight excluding hydrogens is 302 g/mol. The van der Waals surface area contributed by atoms with Crippen molar-refractivity contribution in [1.29, 1.82) is 5.41 Å². The summed E-state index contributed by atoms with van der Waals surface area (Å²) in [5.41, 5.74) is 19.1. The van der Waals surface area contributed by atoms with Gasteiger partial charge in [-0.2, -0.15) is 0 Å². The van der Waals surface area contributed by atoms with Gasteiger partial charge in [-0.05, 0) is 33.3 Å². The largest absolute Gasteiger partial charge is 0.427 e. The molecular formula is C16H25B2N4O2. The third-order valence-electron chi connectivity index (χ3n) is 5.00. The highest BCUT2D eigenvalue weighted by Gasteiger charge is 2.38. The van der Waals surface area contributed by atoms with E-state index in [0.717, 1.165) is 0 Å². The van der Waals surface area contributed by atoms with Crippen molar-refractivity contribution in [3.05, 3.63) is 34.2 Å². The fourth-order valence-corrected chi connectivity index (χ4v) is 2.41. The summed E-state index contributed by atoms with van der Waals surface area (Å²) in [6.45, 7) is 6.91. The van der Waals surface area contributed by atoms with E-state index in [1.54, 1.807) is 39.8 Å². The van der Waals surface area contributed by atoms with Crippen molar-refractivity contribution in [2.45, 2.75) is 57.0 Å². The highest BCUT2D eigenvalue weighted by atomic mass is 16.5. The standard InChI is InChI=1S/C16H25B2N4O2/c1-15(2,23)16(3,4)24-18-10-6-8-7(12(20)14(10)22)5-9(17)13(21)11(8)19/h5-6,12-14,19,23H,20-22H2,1-4H3. The Morgan fingerprint density at radius 3 is 2.29 bits per heavy atom. The fraction of sp³-hybridized carbons (Fsp3) is 0.562. The predicted octanol–water partition coefficient (Wildman–Crippen LogP) is -0.567. The van der Waals surface area contributed by atoms with E-state index in [1.807, 2.05) is 0 Å². The van der Waals surface area contributed by atoms with E-state index in [-0.39, 0.29) is 5.71 Å².